The van der Waals surface area contributed by atoms with Crippen LogP contribution in [-0.2, 0) is 0 Å². The van der Waals surface area contributed by atoms with Crippen LogP contribution >= 0.6 is 0 Å². The second-order valence-corrected chi connectivity index (χ2v) is 4.38. The van der Waals surface area contributed by atoms with Crippen LogP contribution in [0.5, 0.6) is 0 Å². The van der Waals surface area contributed by atoms with Gasteiger partial charge in [-0.05, 0) is 18.4 Å². The SMILES string of the molecule is CCC(c1ccccc1)N1CC[C@H](N)C1. The molecule has 1 fully saturated rings. The van der Waals surface area contributed by atoms with Crippen molar-refractivity contribution < 1.29 is 0 Å². The topological polar surface area (TPSA) is 29.3 Å². The Morgan fingerprint density at radius 2 is 2.13 bits per heavy atom. The summed E-state index contributed by atoms with van der Waals surface area (Å²) in [5.74, 6) is 0. The standard InChI is InChI=1S/C13H20N2/c1-2-13(11-6-4-3-5-7-11)15-9-8-12(14)10-15/h3-7,12-13H,2,8-10,14H2,1H3/t12-,13?/m0/s1. The molecule has 0 spiro atoms. The second-order valence-electron chi connectivity index (χ2n) is 4.38. The molecule has 82 valence electrons. The van der Waals surface area contributed by atoms with Gasteiger partial charge >= 0.3 is 0 Å². The van der Waals surface area contributed by atoms with Crippen molar-refractivity contribution >= 4 is 0 Å². The van der Waals surface area contributed by atoms with Crippen molar-refractivity contribution in [3.63, 3.8) is 0 Å². The van der Waals surface area contributed by atoms with E-state index in [0.717, 1.165) is 25.9 Å². The summed E-state index contributed by atoms with van der Waals surface area (Å²) in [5.41, 5.74) is 7.38. The van der Waals surface area contributed by atoms with E-state index >= 15 is 0 Å². The summed E-state index contributed by atoms with van der Waals surface area (Å²) in [6.45, 7) is 4.45. The second kappa shape index (κ2) is 4.77. The van der Waals surface area contributed by atoms with Gasteiger partial charge in [-0.1, -0.05) is 37.3 Å². The molecule has 1 aliphatic rings. The molecule has 0 radical (unpaired) electrons. The zero-order chi connectivity index (χ0) is 10.7. The summed E-state index contributed by atoms with van der Waals surface area (Å²) in [7, 11) is 0. The molecule has 1 aliphatic heterocycles. The van der Waals surface area contributed by atoms with E-state index in [2.05, 4.69) is 42.2 Å². The van der Waals surface area contributed by atoms with Crippen LogP contribution in [0, 0.1) is 0 Å². The molecule has 2 nitrogen and oxygen atoms in total. The van der Waals surface area contributed by atoms with E-state index in [1.807, 2.05) is 0 Å². The molecule has 2 rings (SSSR count). The lowest BCUT2D eigenvalue weighted by Crippen LogP contribution is -2.29. The number of hydrogen-bond acceptors (Lipinski definition) is 2. The molecule has 1 aromatic rings. The van der Waals surface area contributed by atoms with E-state index in [1.165, 1.54) is 5.56 Å². The molecule has 1 saturated heterocycles. The summed E-state index contributed by atoms with van der Waals surface area (Å²) in [6, 6.07) is 11.7. The Morgan fingerprint density at radius 1 is 1.40 bits per heavy atom. The maximum Gasteiger partial charge on any atom is 0.0346 e. The fourth-order valence-electron chi connectivity index (χ4n) is 2.48. The first kappa shape index (κ1) is 10.7. The van der Waals surface area contributed by atoms with Crippen LogP contribution in [0.25, 0.3) is 0 Å². The van der Waals surface area contributed by atoms with Crippen molar-refractivity contribution in [3.8, 4) is 0 Å². The first-order chi connectivity index (χ1) is 7.31. The van der Waals surface area contributed by atoms with E-state index in [4.69, 9.17) is 5.73 Å². The van der Waals surface area contributed by atoms with Gasteiger partial charge in [-0.15, -0.1) is 0 Å². The van der Waals surface area contributed by atoms with Gasteiger partial charge in [-0.25, -0.2) is 0 Å². The van der Waals surface area contributed by atoms with E-state index in [9.17, 15) is 0 Å². The van der Waals surface area contributed by atoms with Crippen LogP contribution in [0.4, 0.5) is 0 Å². The largest absolute Gasteiger partial charge is 0.326 e. The molecule has 1 heterocycles. The summed E-state index contributed by atoms with van der Waals surface area (Å²) in [4.78, 5) is 2.51. The first-order valence-corrected chi connectivity index (χ1v) is 5.86. The fraction of sp³-hybridized carbons (Fsp3) is 0.538. The molecule has 0 saturated carbocycles. The molecular weight excluding hydrogens is 184 g/mol. The average molecular weight is 204 g/mol. The highest BCUT2D eigenvalue weighted by molar-refractivity contribution is 5.19. The summed E-state index contributed by atoms with van der Waals surface area (Å²) >= 11 is 0. The molecule has 15 heavy (non-hydrogen) atoms. The monoisotopic (exact) mass is 204 g/mol. The van der Waals surface area contributed by atoms with Crippen LogP contribution in [-0.4, -0.2) is 24.0 Å². The predicted molar refractivity (Wildman–Crippen MR) is 63.6 cm³/mol. The summed E-state index contributed by atoms with van der Waals surface area (Å²) < 4.78 is 0. The Balaban J connectivity index is 2.11. The third kappa shape index (κ3) is 2.39. The lowest BCUT2D eigenvalue weighted by Gasteiger charge is -2.27. The molecular formula is C13H20N2. The Hall–Kier alpha value is -0.860. The maximum absolute atomic E-state index is 5.95. The third-order valence-electron chi connectivity index (χ3n) is 3.27. The number of rotatable bonds is 3. The van der Waals surface area contributed by atoms with Crippen molar-refractivity contribution in [2.45, 2.75) is 31.8 Å². The fourth-order valence-corrected chi connectivity index (χ4v) is 2.48. The Morgan fingerprint density at radius 3 is 2.67 bits per heavy atom. The number of hydrogen-bond donors (Lipinski definition) is 1. The normalized spacial score (nSPS) is 24.3. The molecule has 0 bridgehead atoms. The number of nitrogens with zero attached hydrogens (tertiary/aromatic N) is 1. The van der Waals surface area contributed by atoms with Crippen molar-refractivity contribution in [2.75, 3.05) is 13.1 Å². The number of nitrogens with two attached hydrogens (primary N) is 1. The van der Waals surface area contributed by atoms with Crippen molar-refractivity contribution in [2.24, 2.45) is 5.73 Å². The smallest absolute Gasteiger partial charge is 0.0346 e. The molecule has 2 N–H and O–H groups in total. The minimum Gasteiger partial charge on any atom is -0.326 e. The van der Waals surface area contributed by atoms with E-state index in [-0.39, 0.29) is 0 Å². The minimum absolute atomic E-state index is 0.378. The zero-order valence-corrected chi connectivity index (χ0v) is 9.39. The highest BCUT2D eigenvalue weighted by atomic mass is 15.2. The van der Waals surface area contributed by atoms with Crippen LogP contribution in [0.3, 0.4) is 0 Å². The van der Waals surface area contributed by atoms with Gasteiger partial charge in [0.25, 0.3) is 0 Å². The molecule has 1 unspecified atom stereocenters. The van der Waals surface area contributed by atoms with Gasteiger partial charge < -0.3 is 5.73 Å². The van der Waals surface area contributed by atoms with Crippen LogP contribution in [0.15, 0.2) is 30.3 Å². The molecule has 1 aromatic carbocycles. The summed E-state index contributed by atoms with van der Waals surface area (Å²) in [5, 5.41) is 0. The Labute approximate surface area is 92.1 Å². The van der Waals surface area contributed by atoms with Crippen molar-refractivity contribution in [3.05, 3.63) is 35.9 Å². The molecule has 2 heteroatoms. The Bertz CT molecular complexity index is 297. The van der Waals surface area contributed by atoms with E-state index in [1.54, 1.807) is 0 Å². The zero-order valence-electron chi connectivity index (χ0n) is 9.39. The minimum atomic E-state index is 0.378. The van der Waals surface area contributed by atoms with Gasteiger partial charge in [0.2, 0.25) is 0 Å². The molecule has 0 aliphatic carbocycles. The third-order valence-corrected chi connectivity index (χ3v) is 3.27. The summed E-state index contributed by atoms with van der Waals surface area (Å²) in [6.07, 6.45) is 2.31. The number of likely N-dealkylation sites (tertiary alicyclic amines) is 1. The first-order valence-electron chi connectivity index (χ1n) is 5.86. The van der Waals surface area contributed by atoms with Crippen LogP contribution < -0.4 is 5.73 Å². The lowest BCUT2D eigenvalue weighted by atomic mass is 10.0. The van der Waals surface area contributed by atoms with Gasteiger partial charge in [-0.3, -0.25) is 4.90 Å². The van der Waals surface area contributed by atoms with Crippen molar-refractivity contribution in [1.82, 2.24) is 4.90 Å². The average Bonchev–Trinajstić information content (AvgIpc) is 2.68. The predicted octanol–water partition coefficient (Wildman–Crippen LogP) is 2.17. The van der Waals surface area contributed by atoms with Gasteiger partial charge in [0.1, 0.15) is 0 Å². The quantitative estimate of drug-likeness (QED) is 0.817. The molecule has 0 amide bonds. The van der Waals surface area contributed by atoms with Crippen LogP contribution in [0.2, 0.25) is 0 Å². The maximum atomic E-state index is 5.95. The van der Waals surface area contributed by atoms with E-state index in [0.29, 0.717) is 12.1 Å². The highest BCUT2D eigenvalue weighted by Gasteiger charge is 2.25. The van der Waals surface area contributed by atoms with Gasteiger partial charge in [0.15, 0.2) is 0 Å². The van der Waals surface area contributed by atoms with E-state index < -0.39 is 0 Å². The molecule has 2 atom stereocenters. The van der Waals surface area contributed by atoms with Gasteiger partial charge in [0.05, 0.1) is 0 Å². The van der Waals surface area contributed by atoms with Crippen molar-refractivity contribution in [1.29, 1.82) is 0 Å². The van der Waals surface area contributed by atoms with Crippen LogP contribution in [0.1, 0.15) is 31.4 Å². The molecule has 0 aromatic heterocycles. The number of benzene rings is 1. The Kier molecular flexibility index (Phi) is 3.39. The lowest BCUT2D eigenvalue weighted by molar-refractivity contribution is 0.236. The van der Waals surface area contributed by atoms with Gasteiger partial charge in [0, 0.05) is 25.2 Å². The van der Waals surface area contributed by atoms with Gasteiger partial charge in [-0.2, -0.15) is 0 Å². The highest BCUT2D eigenvalue weighted by Crippen LogP contribution is 2.27.